The Morgan fingerprint density at radius 2 is 2.25 bits per heavy atom. The van der Waals surface area contributed by atoms with E-state index in [0.717, 1.165) is 22.8 Å². The lowest BCUT2D eigenvalue weighted by Crippen LogP contribution is -2.08. The van der Waals surface area contributed by atoms with Crippen molar-refractivity contribution in [1.29, 1.82) is 0 Å². The van der Waals surface area contributed by atoms with Crippen LogP contribution in [-0.2, 0) is 15.3 Å². The zero-order valence-corrected chi connectivity index (χ0v) is 10.9. The van der Waals surface area contributed by atoms with E-state index in [1.54, 1.807) is 11.8 Å². The summed E-state index contributed by atoms with van der Waals surface area (Å²) in [5.41, 5.74) is 2.05. The van der Waals surface area contributed by atoms with Gasteiger partial charge < -0.3 is 9.26 Å². The molecule has 5 heteroatoms. The Kier molecular flexibility index (Phi) is 4.86. The second-order valence-electron chi connectivity index (χ2n) is 3.70. The van der Waals surface area contributed by atoms with E-state index in [1.807, 2.05) is 20.8 Å². The Morgan fingerprint density at radius 1 is 1.56 bits per heavy atom. The molecule has 0 aliphatic heterocycles. The van der Waals surface area contributed by atoms with Crippen LogP contribution in [-0.4, -0.2) is 23.5 Å². The molecule has 0 spiro atoms. The fraction of sp³-hybridized carbons (Fsp3) is 0.636. The van der Waals surface area contributed by atoms with Gasteiger partial charge in [0.15, 0.2) is 0 Å². The summed E-state index contributed by atoms with van der Waals surface area (Å²) in [4.78, 5) is 11.1. The van der Waals surface area contributed by atoms with Gasteiger partial charge in [0.2, 0.25) is 0 Å². The number of aromatic nitrogens is 1. The van der Waals surface area contributed by atoms with E-state index in [2.05, 4.69) is 9.89 Å². The van der Waals surface area contributed by atoms with Crippen molar-refractivity contribution in [3.8, 4) is 0 Å². The largest absolute Gasteiger partial charge is 0.469 e. The first-order valence-electron chi connectivity index (χ1n) is 5.14. The van der Waals surface area contributed by atoms with E-state index in [1.165, 1.54) is 7.11 Å². The first-order valence-corrected chi connectivity index (χ1v) is 6.19. The van der Waals surface area contributed by atoms with Gasteiger partial charge in [0.05, 0.1) is 19.2 Å². The maximum absolute atomic E-state index is 11.1. The van der Waals surface area contributed by atoms with Crippen molar-refractivity contribution in [2.75, 3.05) is 7.11 Å². The minimum Gasteiger partial charge on any atom is -0.469 e. The summed E-state index contributed by atoms with van der Waals surface area (Å²) in [6, 6.07) is 0. The van der Waals surface area contributed by atoms with Gasteiger partial charge >= 0.3 is 5.97 Å². The lowest BCUT2D eigenvalue weighted by molar-refractivity contribution is -0.140. The summed E-state index contributed by atoms with van der Waals surface area (Å²) in [5.74, 6) is 1.51. The lowest BCUT2D eigenvalue weighted by atomic mass is 10.2. The number of rotatable bonds is 5. The number of methoxy groups -OCH3 is 1. The highest BCUT2D eigenvalue weighted by Gasteiger charge is 2.13. The highest BCUT2D eigenvalue weighted by Crippen LogP contribution is 2.24. The molecule has 0 aliphatic carbocycles. The third-order valence-corrected chi connectivity index (χ3v) is 3.57. The lowest BCUT2D eigenvalue weighted by Gasteiger charge is -2.09. The summed E-state index contributed by atoms with van der Waals surface area (Å²) in [5, 5.41) is 4.13. The topological polar surface area (TPSA) is 52.3 Å². The summed E-state index contributed by atoms with van der Waals surface area (Å²) in [7, 11) is 1.41. The number of carbonyl (C=O) groups is 1. The van der Waals surface area contributed by atoms with Crippen LogP contribution in [0.3, 0.4) is 0 Å². The number of esters is 1. The average molecular weight is 243 g/mol. The van der Waals surface area contributed by atoms with Crippen molar-refractivity contribution in [3.63, 3.8) is 0 Å². The van der Waals surface area contributed by atoms with Crippen molar-refractivity contribution >= 4 is 17.7 Å². The standard InChI is InChI=1S/C11H17NO3S/c1-7(5-11(13)14-4)16-6-10-8(2)12-15-9(10)3/h7H,5-6H2,1-4H3. The quantitative estimate of drug-likeness (QED) is 0.744. The van der Waals surface area contributed by atoms with Gasteiger partial charge in [-0.15, -0.1) is 0 Å². The molecule has 1 aromatic heterocycles. The number of aryl methyl sites for hydroxylation is 2. The number of hydrogen-bond donors (Lipinski definition) is 0. The predicted octanol–water partition coefficient (Wildman–Crippen LogP) is 2.48. The first kappa shape index (κ1) is 13.1. The third kappa shape index (κ3) is 3.56. The molecule has 1 atom stereocenters. The number of nitrogens with zero attached hydrogens (tertiary/aromatic N) is 1. The minimum atomic E-state index is -0.168. The molecular formula is C11H17NO3S. The van der Waals surface area contributed by atoms with Gasteiger partial charge in [-0.3, -0.25) is 4.79 Å². The van der Waals surface area contributed by atoms with Crippen LogP contribution in [0.1, 0.15) is 30.4 Å². The van der Waals surface area contributed by atoms with E-state index >= 15 is 0 Å². The van der Waals surface area contributed by atoms with E-state index in [9.17, 15) is 4.79 Å². The number of hydrogen-bond acceptors (Lipinski definition) is 5. The minimum absolute atomic E-state index is 0.168. The maximum atomic E-state index is 11.1. The zero-order chi connectivity index (χ0) is 12.1. The molecular weight excluding hydrogens is 226 g/mol. The molecule has 1 rings (SSSR count). The Bertz CT molecular complexity index is 343. The fourth-order valence-corrected chi connectivity index (χ4v) is 2.43. The second kappa shape index (κ2) is 5.94. The molecule has 0 saturated heterocycles. The SMILES string of the molecule is COC(=O)CC(C)SCc1c(C)noc1C. The molecule has 0 radical (unpaired) electrons. The average Bonchev–Trinajstić information content (AvgIpc) is 2.56. The third-order valence-electron chi connectivity index (χ3n) is 2.38. The molecule has 16 heavy (non-hydrogen) atoms. The summed E-state index contributed by atoms with van der Waals surface area (Å²) in [6.45, 7) is 5.85. The Hall–Kier alpha value is -0.970. The van der Waals surface area contributed by atoms with Crippen LogP contribution >= 0.6 is 11.8 Å². The van der Waals surface area contributed by atoms with Crippen molar-refractivity contribution in [1.82, 2.24) is 5.16 Å². The molecule has 90 valence electrons. The van der Waals surface area contributed by atoms with Crippen molar-refractivity contribution in [2.24, 2.45) is 0 Å². The van der Waals surface area contributed by atoms with Crippen LogP contribution in [0.25, 0.3) is 0 Å². The van der Waals surface area contributed by atoms with Gasteiger partial charge in [0.25, 0.3) is 0 Å². The monoisotopic (exact) mass is 243 g/mol. The van der Waals surface area contributed by atoms with Crippen LogP contribution in [0.5, 0.6) is 0 Å². The van der Waals surface area contributed by atoms with E-state index in [4.69, 9.17) is 4.52 Å². The Morgan fingerprint density at radius 3 is 2.75 bits per heavy atom. The van der Waals surface area contributed by atoms with Crippen LogP contribution in [0.15, 0.2) is 4.52 Å². The van der Waals surface area contributed by atoms with E-state index in [-0.39, 0.29) is 11.2 Å². The molecule has 4 nitrogen and oxygen atoms in total. The summed E-state index contributed by atoms with van der Waals surface area (Å²) in [6.07, 6.45) is 0.435. The van der Waals surface area contributed by atoms with Crippen molar-refractivity contribution in [2.45, 2.75) is 38.2 Å². The van der Waals surface area contributed by atoms with Gasteiger partial charge in [-0.1, -0.05) is 12.1 Å². The molecule has 0 fully saturated rings. The predicted molar refractivity (Wildman–Crippen MR) is 63.4 cm³/mol. The van der Waals surface area contributed by atoms with Crippen LogP contribution in [0.2, 0.25) is 0 Å². The van der Waals surface area contributed by atoms with Crippen LogP contribution in [0, 0.1) is 13.8 Å². The summed E-state index contributed by atoms with van der Waals surface area (Å²) >= 11 is 1.71. The van der Waals surface area contributed by atoms with Gasteiger partial charge in [-0.2, -0.15) is 11.8 Å². The summed E-state index contributed by atoms with van der Waals surface area (Å²) < 4.78 is 9.70. The second-order valence-corrected chi connectivity index (χ2v) is 5.13. The van der Waals surface area contributed by atoms with Crippen LogP contribution < -0.4 is 0 Å². The molecule has 0 bridgehead atoms. The highest BCUT2D eigenvalue weighted by molar-refractivity contribution is 7.99. The smallest absolute Gasteiger partial charge is 0.306 e. The van der Waals surface area contributed by atoms with Gasteiger partial charge in [-0.05, 0) is 13.8 Å². The zero-order valence-electron chi connectivity index (χ0n) is 10.1. The molecule has 0 N–H and O–H groups in total. The fourth-order valence-electron chi connectivity index (χ4n) is 1.31. The normalized spacial score (nSPS) is 12.5. The van der Waals surface area contributed by atoms with Gasteiger partial charge in [-0.25, -0.2) is 0 Å². The van der Waals surface area contributed by atoms with Crippen molar-refractivity contribution < 1.29 is 14.1 Å². The van der Waals surface area contributed by atoms with E-state index in [0.29, 0.717) is 6.42 Å². The van der Waals surface area contributed by atoms with Gasteiger partial charge in [0, 0.05) is 16.6 Å². The van der Waals surface area contributed by atoms with Crippen molar-refractivity contribution in [3.05, 3.63) is 17.0 Å². The first-order chi connectivity index (χ1) is 7.54. The molecule has 0 aliphatic rings. The number of thioether (sulfide) groups is 1. The molecule has 0 aromatic carbocycles. The molecule has 1 unspecified atom stereocenters. The molecule has 1 aromatic rings. The molecule has 1 heterocycles. The molecule has 0 amide bonds. The number of ether oxygens (including phenoxy) is 1. The number of carbonyl (C=O) groups excluding carboxylic acids is 1. The molecule has 0 saturated carbocycles. The Balaban J connectivity index is 2.43. The highest BCUT2D eigenvalue weighted by atomic mass is 32.2. The van der Waals surface area contributed by atoms with Crippen LogP contribution in [0.4, 0.5) is 0 Å². The van der Waals surface area contributed by atoms with E-state index < -0.39 is 0 Å². The van der Waals surface area contributed by atoms with Gasteiger partial charge in [0.1, 0.15) is 5.76 Å². The Labute approximate surface area is 99.7 Å². The maximum Gasteiger partial charge on any atom is 0.306 e.